The number of aromatic nitrogens is 1. The van der Waals surface area contributed by atoms with Gasteiger partial charge in [-0.1, -0.05) is 11.6 Å². The molecule has 0 atom stereocenters. The van der Waals surface area contributed by atoms with Gasteiger partial charge in [-0.15, -0.1) is 0 Å². The Kier molecular flexibility index (Phi) is 4.67. The first-order chi connectivity index (χ1) is 7.42. The molecule has 0 aliphatic rings. The van der Waals surface area contributed by atoms with E-state index in [1.165, 1.54) is 18.3 Å². The highest BCUT2D eigenvalue weighted by molar-refractivity contribution is 7.89. The maximum atomic E-state index is 11.7. The second-order valence-corrected chi connectivity index (χ2v) is 5.67. The molecular formula is C9H14ClN3O2S. The highest BCUT2D eigenvalue weighted by atomic mass is 35.5. The molecule has 16 heavy (non-hydrogen) atoms. The minimum absolute atomic E-state index is 0.121. The van der Waals surface area contributed by atoms with Crippen LogP contribution in [0.2, 0.25) is 5.15 Å². The first kappa shape index (κ1) is 13.4. The third-order valence-corrected chi connectivity index (χ3v) is 3.53. The molecule has 0 unspecified atom stereocenters. The van der Waals surface area contributed by atoms with E-state index in [1.807, 2.05) is 19.0 Å². The zero-order valence-electron chi connectivity index (χ0n) is 9.14. The van der Waals surface area contributed by atoms with Crippen molar-refractivity contribution in [1.29, 1.82) is 0 Å². The second kappa shape index (κ2) is 5.58. The summed E-state index contributed by atoms with van der Waals surface area (Å²) in [7, 11) is 0.276. The Hall–Kier alpha value is -0.690. The highest BCUT2D eigenvalue weighted by Gasteiger charge is 2.13. The Bertz CT molecular complexity index is 431. The van der Waals surface area contributed by atoms with Crippen molar-refractivity contribution in [3.8, 4) is 0 Å². The lowest BCUT2D eigenvalue weighted by atomic mass is 10.5. The van der Waals surface area contributed by atoms with Crippen LogP contribution in [-0.2, 0) is 10.0 Å². The molecule has 0 amide bonds. The van der Waals surface area contributed by atoms with Crippen LogP contribution in [0.25, 0.3) is 0 Å². The van der Waals surface area contributed by atoms with E-state index in [2.05, 4.69) is 9.71 Å². The van der Waals surface area contributed by atoms with Crippen LogP contribution in [0.3, 0.4) is 0 Å². The monoisotopic (exact) mass is 263 g/mol. The third kappa shape index (κ3) is 4.05. The molecule has 0 aromatic carbocycles. The van der Waals surface area contributed by atoms with Crippen LogP contribution in [0, 0.1) is 0 Å². The molecule has 1 heterocycles. The van der Waals surface area contributed by atoms with Gasteiger partial charge in [-0.05, 0) is 26.2 Å². The van der Waals surface area contributed by atoms with Crippen LogP contribution >= 0.6 is 11.6 Å². The van der Waals surface area contributed by atoms with Crippen LogP contribution in [0.4, 0.5) is 0 Å². The molecule has 0 aliphatic carbocycles. The molecular weight excluding hydrogens is 250 g/mol. The molecule has 0 saturated heterocycles. The minimum atomic E-state index is -3.47. The number of pyridine rings is 1. The van der Waals surface area contributed by atoms with Crippen LogP contribution in [0.15, 0.2) is 23.2 Å². The van der Waals surface area contributed by atoms with Gasteiger partial charge in [-0.3, -0.25) is 0 Å². The summed E-state index contributed by atoms with van der Waals surface area (Å²) in [6.45, 7) is 0.998. The van der Waals surface area contributed by atoms with Gasteiger partial charge in [0.1, 0.15) is 10.0 Å². The zero-order valence-corrected chi connectivity index (χ0v) is 10.7. The molecule has 1 N–H and O–H groups in total. The molecule has 0 spiro atoms. The molecule has 1 aromatic rings. The van der Waals surface area contributed by atoms with Crippen molar-refractivity contribution < 1.29 is 8.42 Å². The van der Waals surface area contributed by atoms with E-state index in [0.717, 1.165) is 0 Å². The van der Waals surface area contributed by atoms with Crippen LogP contribution < -0.4 is 4.72 Å². The summed E-state index contributed by atoms with van der Waals surface area (Å²) >= 11 is 5.57. The molecule has 1 rings (SSSR count). The number of likely N-dealkylation sites (N-methyl/N-ethyl adjacent to an activating group) is 1. The van der Waals surface area contributed by atoms with Gasteiger partial charge in [0, 0.05) is 19.3 Å². The number of hydrogen-bond acceptors (Lipinski definition) is 4. The molecule has 0 aliphatic heterocycles. The summed E-state index contributed by atoms with van der Waals surface area (Å²) in [5, 5.41) is 0.271. The predicted molar refractivity (Wildman–Crippen MR) is 63.0 cm³/mol. The van der Waals surface area contributed by atoms with E-state index < -0.39 is 10.0 Å². The molecule has 1 aromatic heterocycles. The van der Waals surface area contributed by atoms with E-state index in [4.69, 9.17) is 11.6 Å². The number of nitrogens with zero attached hydrogens (tertiary/aromatic N) is 2. The van der Waals surface area contributed by atoms with E-state index in [0.29, 0.717) is 13.1 Å². The van der Waals surface area contributed by atoms with Gasteiger partial charge in [-0.2, -0.15) is 0 Å². The largest absolute Gasteiger partial charge is 0.308 e. The number of hydrogen-bond donors (Lipinski definition) is 1. The van der Waals surface area contributed by atoms with Gasteiger partial charge in [0.25, 0.3) is 0 Å². The quantitative estimate of drug-likeness (QED) is 0.790. The summed E-state index contributed by atoms with van der Waals surface area (Å²) < 4.78 is 25.9. The van der Waals surface area contributed by atoms with E-state index in [1.54, 1.807) is 0 Å². The maximum Gasteiger partial charge on any atom is 0.242 e. The lowest BCUT2D eigenvalue weighted by molar-refractivity contribution is 0.412. The highest BCUT2D eigenvalue weighted by Crippen LogP contribution is 2.10. The Morgan fingerprint density at radius 3 is 2.62 bits per heavy atom. The Morgan fingerprint density at radius 1 is 1.44 bits per heavy atom. The number of nitrogens with one attached hydrogen (secondary N) is 1. The second-order valence-electron chi connectivity index (χ2n) is 3.52. The first-order valence-corrected chi connectivity index (χ1v) is 6.54. The van der Waals surface area contributed by atoms with Crippen molar-refractivity contribution in [2.24, 2.45) is 0 Å². The fourth-order valence-electron chi connectivity index (χ4n) is 1.01. The van der Waals surface area contributed by atoms with Crippen molar-refractivity contribution in [2.45, 2.75) is 4.90 Å². The van der Waals surface area contributed by atoms with Crippen molar-refractivity contribution in [3.63, 3.8) is 0 Å². The summed E-state index contributed by atoms with van der Waals surface area (Å²) in [5.41, 5.74) is 0. The van der Waals surface area contributed by atoms with Crippen LogP contribution in [0.1, 0.15) is 0 Å². The van der Waals surface area contributed by atoms with Crippen molar-refractivity contribution in [2.75, 3.05) is 27.2 Å². The topological polar surface area (TPSA) is 62.3 Å². The van der Waals surface area contributed by atoms with E-state index in [9.17, 15) is 8.42 Å². The van der Waals surface area contributed by atoms with Gasteiger partial charge in [0.2, 0.25) is 10.0 Å². The lowest BCUT2D eigenvalue weighted by Crippen LogP contribution is -2.31. The predicted octanol–water partition coefficient (Wildman–Crippen LogP) is 0.575. The van der Waals surface area contributed by atoms with E-state index in [-0.39, 0.29) is 10.0 Å². The fraction of sp³-hybridized carbons (Fsp3) is 0.444. The zero-order chi connectivity index (χ0) is 12.2. The molecule has 90 valence electrons. The van der Waals surface area contributed by atoms with Crippen molar-refractivity contribution >= 4 is 21.6 Å². The minimum Gasteiger partial charge on any atom is -0.308 e. The Balaban J connectivity index is 2.67. The Labute approximate surface area is 100 Å². The summed E-state index contributed by atoms with van der Waals surface area (Å²) in [5.74, 6) is 0. The number of rotatable bonds is 5. The normalized spacial score (nSPS) is 12.0. The lowest BCUT2D eigenvalue weighted by Gasteiger charge is -2.10. The molecule has 0 bridgehead atoms. The van der Waals surface area contributed by atoms with Crippen molar-refractivity contribution in [1.82, 2.24) is 14.6 Å². The molecule has 0 fully saturated rings. The van der Waals surface area contributed by atoms with Gasteiger partial charge < -0.3 is 4.90 Å². The van der Waals surface area contributed by atoms with Crippen molar-refractivity contribution in [3.05, 3.63) is 23.5 Å². The van der Waals surface area contributed by atoms with E-state index >= 15 is 0 Å². The van der Waals surface area contributed by atoms with Gasteiger partial charge in [0.05, 0.1) is 0 Å². The average Bonchev–Trinajstić information content (AvgIpc) is 2.17. The maximum absolute atomic E-state index is 11.7. The molecule has 0 saturated carbocycles. The fourth-order valence-corrected chi connectivity index (χ4v) is 2.09. The van der Waals surface area contributed by atoms with Gasteiger partial charge in [-0.25, -0.2) is 18.1 Å². The summed E-state index contributed by atoms with van der Waals surface area (Å²) in [6, 6.07) is 2.87. The average molecular weight is 264 g/mol. The SMILES string of the molecule is CN(C)CCNS(=O)(=O)c1ccc(Cl)nc1. The molecule has 7 heteroatoms. The number of sulfonamides is 1. The molecule has 0 radical (unpaired) electrons. The standard InChI is InChI=1S/C9H14ClN3O2S/c1-13(2)6-5-12-16(14,15)8-3-4-9(10)11-7-8/h3-4,7,12H,5-6H2,1-2H3. The number of halogens is 1. The molecule has 5 nitrogen and oxygen atoms in total. The van der Waals surface area contributed by atoms with Gasteiger partial charge >= 0.3 is 0 Å². The summed E-state index contributed by atoms with van der Waals surface area (Å²) in [4.78, 5) is 5.74. The van der Waals surface area contributed by atoms with Gasteiger partial charge in [0.15, 0.2) is 0 Å². The summed E-state index contributed by atoms with van der Waals surface area (Å²) in [6.07, 6.45) is 1.24. The Morgan fingerprint density at radius 2 is 2.12 bits per heavy atom. The third-order valence-electron chi connectivity index (χ3n) is 1.86. The smallest absolute Gasteiger partial charge is 0.242 e. The first-order valence-electron chi connectivity index (χ1n) is 4.68. The van der Waals surface area contributed by atoms with Crippen LogP contribution in [-0.4, -0.2) is 45.5 Å². The van der Waals surface area contributed by atoms with Crippen LogP contribution in [0.5, 0.6) is 0 Å².